The summed E-state index contributed by atoms with van der Waals surface area (Å²) >= 11 is 0. The van der Waals surface area contributed by atoms with Crippen molar-refractivity contribution in [2.75, 3.05) is 11.5 Å². The molecule has 3 aromatic rings. The van der Waals surface area contributed by atoms with Crippen molar-refractivity contribution in [1.82, 2.24) is 0 Å². The Balaban J connectivity index is 1.86. The molecule has 24 heavy (non-hydrogen) atoms. The number of allylic oxidation sites excluding steroid dienone is 2. The van der Waals surface area contributed by atoms with E-state index in [2.05, 4.69) is 15.3 Å². The van der Waals surface area contributed by atoms with Crippen LogP contribution in [0.15, 0.2) is 51.7 Å². The van der Waals surface area contributed by atoms with Crippen LogP contribution >= 0.6 is 9.24 Å². The minimum absolute atomic E-state index is 0.374. The molecule has 120 valence electrons. The molecule has 4 rings (SSSR count). The lowest BCUT2D eigenvalue weighted by Gasteiger charge is -2.14. The minimum Gasteiger partial charge on any atom is -0.420 e. The van der Waals surface area contributed by atoms with Crippen molar-refractivity contribution in [2.24, 2.45) is 0 Å². The fourth-order valence-electron chi connectivity index (χ4n) is 2.94. The van der Waals surface area contributed by atoms with Crippen LogP contribution in [-0.2, 0) is 0 Å². The average molecular weight is 336 g/mol. The van der Waals surface area contributed by atoms with Gasteiger partial charge in [-0.25, -0.2) is 4.79 Å². The summed E-state index contributed by atoms with van der Waals surface area (Å²) in [6.45, 7) is 0. The van der Waals surface area contributed by atoms with Gasteiger partial charge in [-0.05, 0) is 41.7 Å². The van der Waals surface area contributed by atoms with Gasteiger partial charge in [0.05, 0.1) is 11.3 Å². The van der Waals surface area contributed by atoms with E-state index in [0.717, 1.165) is 23.8 Å². The quantitative estimate of drug-likeness (QED) is 0.427. The van der Waals surface area contributed by atoms with Gasteiger partial charge in [-0.15, -0.1) is 9.24 Å². The smallest absolute Gasteiger partial charge is 0.344 e. The molecule has 0 aliphatic heterocycles. The third-order valence-electron chi connectivity index (χ3n) is 4.50. The second-order valence-electron chi connectivity index (χ2n) is 6.00. The lowest BCUT2D eigenvalue weighted by atomic mass is 9.91. The SMILES string of the molecule is Nc1cc2cc(-c3ccc(C4=CCC4)cc3)c(=O)oc2c(N)c1P. The molecule has 4 N–H and O–H groups in total. The molecule has 4 nitrogen and oxygen atoms in total. The number of rotatable bonds is 2. The second kappa shape index (κ2) is 5.50. The summed E-state index contributed by atoms with van der Waals surface area (Å²) in [5.74, 6) is 0. The number of nitrogen functional groups attached to an aromatic ring is 2. The van der Waals surface area contributed by atoms with Crippen LogP contribution in [0.2, 0.25) is 0 Å². The molecule has 1 atom stereocenters. The van der Waals surface area contributed by atoms with Gasteiger partial charge in [0.15, 0.2) is 5.58 Å². The van der Waals surface area contributed by atoms with Crippen molar-refractivity contribution in [3.8, 4) is 11.1 Å². The van der Waals surface area contributed by atoms with Crippen LogP contribution in [0.5, 0.6) is 0 Å². The number of hydrogen-bond acceptors (Lipinski definition) is 4. The standard InChI is InChI=1S/C19H17N2O2P/c20-15-9-13-8-14(19(22)23-17(13)16(21)18(15)24)12-6-4-11(5-7-12)10-2-1-3-10/h2,4-9H,1,3,20-21,24H2. The normalized spacial score (nSPS) is 13.6. The lowest BCUT2D eigenvalue weighted by molar-refractivity contribution is 0.565. The molecule has 0 saturated carbocycles. The van der Waals surface area contributed by atoms with E-state index in [4.69, 9.17) is 15.9 Å². The molecule has 1 aliphatic carbocycles. The van der Waals surface area contributed by atoms with Gasteiger partial charge in [0.1, 0.15) is 0 Å². The Morgan fingerprint density at radius 1 is 1.04 bits per heavy atom. The molecular weight excluding hydrogens is 319 g/mol. The van der Waals surface area contributed by atoms with Gasteiger partial charge in [0.2, 0.25) is 0 Å². The largest absolute Gasteiger partial charge is 0.420 e. The maximum absolute atomic E-state index is 12.4. The Morgan fingerprint density at radius 3 is 2.33 bits per heavy atom. The summed E-state index contributed by atoms with van der Waals surface area (Å²) in [6, 6.07) is 11.5. The highest BCUT2D eigenvalue weighted by atomic mass is 31.0. The van der Waals surface area contributed by atoms with Gasteiger partial charge >= 0.3 is 5.63 Å². The Morgan fingerprint density at radius 2 is 1.71 bits per heavy atom. The molecule has 0 fully saturated rings. The zero-order valence-electron chi connectivity index (χ0n) is 13.0. The van der Waals surface area contributed by atoms with Crippen molar-refractivity contribution in [2.45, 2.75) is 12.8 Å². The first kappa shape index (κ1) is 15.0. The van der Waals surface area contributed by atoms with E-state index < -0.39 is 5.63 Å². The van der Waals surface area contributed by atoms with E-state index in [1.807, 2.05) is 24.3 Å². The second-order valence-corrected chi connectivity index (χ2v) is 6.58. The predicted molar refractivity (Wildman–Crippen MR) is 103 cm³/mol. The maximum atomic E-state index is 12.4. The Hall–Kier alpha value is -2.58. The summed E-state index contributed by atoms with van der Waals surface area (Å²) in [7, 11) is 2.48. The van der Waals surface area contributed by atoms with Crippen molar-refractivity contribution in [3.05, 3.63) is 58.5 Å². The van der Waals surface area contributed by atoms with E-state index >= 15 is 0 Å². The van der Waals surface area contributed by atoms with Gasteiger partial charge in [-0.3, -0.25) is 0 Å². The molecule has 0 bridgehead atoms. The Kier molecular flexibility index (Phi) is 3.43. The zero-order valence-corrected chi connectivity index (χ0v) is 14.2. The monoisotopic (exact) mass is 336 g/mol. The van der Waals surface area contributed by atoms with Crippen LogP contribution in [0.4, 0.5) is 11.4 Å². The van der Waals surface area contributed by atoms with E-state index in [1.54, 1.807) is 12.1 Å². The molecule has 0 radical (unpaired) electrons. The van der Waals surface area contributed by atoms with Crippen molar-refractivity contribution in [1.29, 1.82) is 0 Å². The molecule has 1 heterocycles. The van der Waals surface area contributed by atoms with Crippen LogP contribution in [0.1, 0.15) is 18.4 Å². The van der Waals surface area contributed by atoms with Crippen LogP contribution < -0.4 is 22.4 Å². The molecule has 0 saturated heterocycles. The fraction of sp³-hybridized carbons (Fsp3) is 0.105. The molecule has 1 aromatic heterocycles. The van der Waals surface area contributed by atoms with Crippen LogP contribution in [0.25, 0.3) is 27.7 Å². The zero-order chi connectivity index (χ0) is 16.8. The van der Waals surface area contributed by atoms with Gasteiger partial charge in [0.25, 0.3) is 0 Å². The molecule has 5 heteroatoms. The van der Waals surface area contributed by atoms with Crippen LogP contribution in [-0.4, -0.2) is 0 Å². The first-order valence-corrected chi connectivity index (χ1v) is 8.33. The number of benzene rings is 2. The number of fused-ring (bicyclic) bond motifs is 1. The first-order valence-electron chi connectivity index (χ1n) is 7.75. The van der Waals surface area contributed by atoms with Gasteiger partial charge in [0, 0.05) is 16.4 Å². The number of hydrogen-bond donors (Lipinski definition) is 2. The number of nitrogens with two attached hydrogens (primary N) is 2. The average Bonchev–Trinajstić information content (AvgIpc) is 2.53. The Labute approximate surface area is 141 Å². The van der Waals surface area contributed by atoms with Gasteiger partial charge in [-0.2, -0.15) is 0 Å². The first-order chi connectivity index (χ1) is 11.5. The van der Waals surface area contributed by atoms with Crippen molar-refractivity contribution < 1.29 is 4.42 Å². The molecule has 1 unspecified atom stereocenters. The number of anilines is 2. The highest BCUT2D eigenvalue weighted by Crippen LogP contribution is 2.31. The van der Waals surface area contributed by atoms with Crippen molar-refractivity contribution >= 4 is 42.5 Å². The molecular formula is C19H17N2O2P. The predicted octanol–water partition coefficient (Wildman–Crippen LogP) is 3.30. The highest BCUT2D eigenvalue weighted by molar-refractivity contribution is 7.28. The summed E-state index contributed by atoms with van der Waals surface area (Å²) in [5, 5.41) is 1.37. The lowest BCUT2D eigenvalue weighted by Crippen LogP contribution is -2.11. The van der Waals surface area contributed by atoms with E-state index in [-0.39, 0.29) is 0 Å². The molecule has 0 spiro atoms. The van der Waals surface area contributed by atoms with E-state index in [1.165, 1.54) is 11.1 Å². The van der Waals surface area contributed by atoms with E-state index in [0.29, 0.717) is 27.8 Å². The van der Waals surface area contributed by atoms with Crippen LogP contribution in [0, 0.1) is 0 Å². The highest BCUT2D eigenvalue weighted by Gasteiger charge is 2.14. The van der Waals surface area contributed by atoms with Gasteiger partial charge in [-0.1, -0.05) is 30.3 Å². The topological polar surface area (TPSA) is 82.2 Å². The third kappa shape index (κ3) is 2.31. The molecule has 0 amide bonds. The minimum atomic E-state index is -0.404. The molecule has 1 aliphatic rings. The summed E-state index contributed by atoms with van der Waals surface area (Å²) in [4.78, 5) is 12.4. The van der Waals surface area contributed by atoms with Crippen LogP contribution in [0.3, 0.4) is 0 Å². The molecule has 2 aromatic carbocycles. The fourth-order valence-corrected chi connectivity index (χ4v) is 3.16. The Bertz CT molecular complexity index is 1050. The van der Waals surface area contributed by atoms with Gasteiger partial charge < -0.3 is 15.9 Å². The van der Waals surface area contributed by atoms with E-state index in [9.17, 15) is 4.79 Å². The van der Waals surface area contributed by atoms with Crippen molar-refractivity contribution in [3.63, 3.8) is 0 Å². The summed E-state index contributed by atoms with van der Waals surface area (Å²) in [6.07, 6.45) is 4.49. The maximum Gasteiger partial charge on any atom is 0.344 e. The summed E-state index contributed by atoms with van der Waals surface area (Å²) in [5.41, 5.74) is 16.8. The third-order valence-corrected chi connectivity index (χ3v) is 5.15. The summed E-state index contributed by atoms with van der Waals surface area (Å²) < 4.78 is 5.46.